The molecular formula is C65H135O23S9Y3-3. The van der Waals surface area contributed by atoms with Gasteiger partial charge in [-0.3, -0.25) is 19.2 Å². The maximum atomic E-state index is 12.2. The summed E-state index contributed by atoms with van der Waals surface area (Å²) in [6, 6.07) is 17.2. The molecule has 0 saturated heterocycles. The Labute approximate surface area is 695 Å². The number of carbonyl (C=O) groups is 4. The summed E-state index contributed by atoms with van der Waals surface area (Å²) in [6.45, 7) is 22.9. The van der Waals surface area contributed by atoms with Gasteiger partial charge in [0.25, 0.3) is 0 Å². The van der Waals surface area contributed by atoms with Gasteiger partial charge >= 0.3 is 0 Å². The van der Waals surface area contributed by atoms with Crippen molar-refractivity contribution in [3.8, 4) is 0 Å². The van der Waals surface area contributed by atoms with E-state index in [2.05, 4.69) is 50.9 Å². The Hall–Kier alpha value is -0.838. The summed E-state index contributed by atoms with van der Waals surface area (Å²) in [5, 5.41) is 1.97. The number of Topliss-reactive ketones (excluding diaryl/α,β-unsaturated/α-hetero) is 4. The molecule has 0 aliphatic carbocycles. The first-order chi connectivity index (χ1) is 38.7. The quantitative estimate of drug-likeness (QED) is 0.0284. The largest absolute Gasteiger partial charge is 0.424 e. The molecule has 2 aromatic rings. The molecule has 35 heteroatoms. The van der Waals surface area contributed by atoms with Crippen LogP contribution >= 0.6 is 0 Å². The average Bonchev–Trinajstić information content (AvgIpc) is 0.858. The van der Waals surface area contributed by atoms with E-state index in [0.717, 1.165) is 67.1 Å². The first-order valence-corrected chi connectivity index (χ1v) is 41.2. The number of rotatable bonds is 32. The zero-order chi connectivity index (χ0) is 67.6. The molecule has 3 radical (unpaired) electrons. The second-order valence-corrected chi connectivity index (χ2v) is 34.2. The van der Waals surface area contributed by atoms with Gasteiger partial charge in [0.15, 0.2) is 41.1 Å². The Kier molecular flexibility index (Phi) is 125. The van der Waals surface area contributed by atoms with E-state index >= 15 is 0 Å². The van der Waals surface area contributed by atoms with Crippen LogP contribution in [0.4, 0.5) is 0 Å². The molecule has 2 aromatic carbocycles. The molecule has 0 heterocycles. The van der Waals surface area contributed by atoms with Crippen LogP contribution in [0.1, 0.15) is 185 Å². The number of carbonyl (C=O) groups excluding carboxylic acids is 4. The molecule has 2 rings (SSSR count). The summed E-state index contributed by atoms with van der Waals surface area (Å²) in [6.07, 6.45) is 8.09. The van der Waals surface area contributed by atoms with Crippen molar-refractivity contribution < 1.29 is 198 Å². The molecule has 0 fully saturated rings. The molecule has 0 saturated carbocycles. The number of benzene rings is 2. The van der Waals surface area contributed by atoms with Crippen LogP contribution in [-0.4, -0.2) is 164 Å². The number of sulfone groups is 6. The average molecular weight is 1840 g/mol. The summed E-state index contributed by atoms with van der Waals surface area (Å²) in [5.74, 6) is -6.86. The Morgan fingerprint density at radius 1 is 0.470 bits per heavy atom. The number of ketones is 4. The van der Waals surface area contributed by atoms with Crippen molar-refractivity contribution in [1.82, 2.24) is 0 Å². The number of aryl methyl sites for hydroxylation is 2. The van der Waals surface area contributed by atoms with E-state index in [-0.39, 0.29) is 235 Å². The maximum absolute atomic E-state index is 12.2. The van der Waals surface area contributed by atoms with Crippen molar-refractivity contribution in [2.75, 3.05) is 90.0 Å². The Balaban J connectivity index is -0.0000000412. The summed E-state index contributed by atoms with van der Waals surface area (Å²) in [4.78, 5) is 45.1. The van der Waals surface area contributed by atoms with E-state index in [1.165, 1.54) is 12.5 Å². The molecule has 0 amide bonds. The van der Waals surface area contributed by atoms with Gasteiger partial charge < -0.3 is 30.0 Å². The van der Waals surface area contributed by atoms with Crippen LogP contribution in [0.15, 0.2) is 90.7 Å². The van der Waals surface area contributed by atoms with Crippen LogP contribution in [0.2, 0.25) is 0 Å². The SMILES string of the molecule is C.C.C.C.C.C.C.C.C.C.C.C.C=C(CS(C)(=O)=O)C(=O)CC.C=CS(=O)(=O)CCCC.C=CS(=O)(=O)CCOCC.CC(=O)C(C[S-](=O)=O)CS(C)(=O)=O.CCC(=O)C(C[S-](=O)=O)CS(C)(=O)=O.CCc1ccc(C(=O)C(C[S-](=O)=O)CS(C)(=O)=O)cc1.CCc1ccccc1.[Y].[Y].[Y]. The van der Waals surface area contributed by atoms with Crippen molar-refractivity contribution >= 4 is 114 Å². The molecule has 0 aliphatic heterocycles. The van der Waals surface area contributed by atoms with Crippen LogP contribution < -0.4 is 0 Å². The molecule has 0 aliphatic rings. The van der Waals surface area contributed by atoms with E-state index in [4.69, 9.17) is 4.74 Å². The van der Waals surface area contributed by atoms with Crippen molar-refractivity contribution in [3.05, 3.63) is 107 Å². The Morgan fingerprint density at radius 2 is 0.800 bits per heavy atom. The summed E-state index contributed by atoms with van der Waals surface area (Å²) in [7, 11) is -26.4. The number of ether oxygens (including phenoxy) is 1. The van der Waals surface area contributed by atoms with Gasteiger partial charge in [-0.25, -0.2) is 50.5 Å². The third-order valence-corrected chi connectivity index (χ3v) is 18.9. The molecule has 3 unspecified atom stereocenters. The second kappa shape index (κ2) is 82.2. The number of hydrogen-bond acceptors (Lipinski definition) is 26. The zero-order valence-corrected chi connectivity index (χ0v) is 67.9. The molecule has 0 N–H and O–H groups in total. The minimum absolute atomic E-state index is 0. The van der Waals surface area contributed by atoms with Gasteiger partial charge in [-0.05, 0) is 44.2 Å². The first kappa shape index (κ1) is 152. The fraction of sp³-hybridized carbons (Fsp3) is 0.662. The van der Waals surface area contributed by atoms with Crippen LogP contribution in [0.25, 0.3) is 0 Å². The van der Waals surface area contributed by atoms with E-state index in [9.17, 15) is 94.9 Å². The third-order valence-electron chi connectivity index (χ3n) is 10.3. The zero-order valence-electron chi connectivity index (χ0n) is 52.0. The monoisotopic (exact) mass is 1840 g/mol. The Bertz CT molecular complexity index is 3330. The van der Waals surface area contributed by atoms with Gasteiger partial charge in [0.2, 0.25) is 0 Å². The normalized spacial score (nSPS) is 10.6. The fourth-order valence-corrected chi connectivity index (χ4v) is 13.6. The van der Waals surface area contributed by atoms with Gasteiger partial charge in [-0.1, -0.05) is 254 Å². The molecule has 23 nitrogen and oxygen atoms in total. The minimum atomic E-state index is -3.43. The first-order valence-electron chi connectivity index (χ1n) is 25.8. The van der Waals surface area contributed by atoms with Gasteiger partial charge in [-0.2, -0.15) is 0 Å². The summed E-state index contributed by atoms with van der Waals surface area (Å²) < 4.78 is 198. The van der Waals surface area contributed by atoms with Crippen molar-refractivity contribution in [2.24, 2.45) is 17.8 Å². The van der Waals surface area contributed by atoms with E-state index in [1.807, 2.05) is 26.8 Å². The Morgan fingerprint density at radius 3 is 1.08 bits per heavy atom. The molecular weight excluding hydrogens is 1700 g/mol. The van der Waals surface area contributed by atoms with Crippen molar-refractivity contribution in [3.63, 3.8) is 0 Å². The topological polar surface area (TPSA) is 385 Å². The maximum Gasteiger partial charge on any atom is 0.173 e. The fourth-order valence-electron chi connectivity index (χ4n) is 5.93. The summed E-state index contributed by atoms with van der Waals surface area (Å²) in [5.41, 5.74) is 2.97. The van der Waals surface area contributed by atoms with Gasteiger partial charge in [-0.15, -0.1) is 0 Å². The van der Waals surface area contributed by atoms with E-state index < -0.39 is 155 Å². The standard InChI is InChI=1S/C13H17O5S2.C8H10.C7H13O5S2.C7H12O3S.C6H11O5S2.C6H12O3S.C6H12O2S.12CH4.3Y/c1-3-10-4-6-11(7-5-10)13(14)12(8-19(15)16)9-20(2,17)18;1-2-8-6-4-3-5-7-8;1-3-7(8)6(4-13(9)10)5-14(2,11)12;1-4-7(8)6(2)5-11(3,9)10;1-5(7)6(3-12(8)9)4-13(2,10)11;1-3-9-5-6-10(7,8)4-2;1-3-5-6-9(7,8)4-2;;;;;;;;;;;;;;;/h4-7,12H,3,8-9H2,1-2H3;3-7H,2H2,1H3;6H,3-5H2,1-2H3;2,4-5H2,1,3H3;6H,3-4H2,1-2H3;4H,2-3,5-6H2,1H3;4H,2-3,5-6H2,1H3;12*1H4;;;/q-1;;-1;;-1;;;;;;;;;;;;;;;;;. The molecule has 3 atom stereocenters. The molecule has 0 bridgehead atoms. The molecule has 0 aromatic heterocycles. The smallest absolute Gasteiger partial charge is 0.173 e. The predicted molar refractivity (Wildman–Crippen MR) is 417 cm³/mol. The molecule has 599 valence electrons. The van der Waals surface area contributed by atoms with E-state index in [1.54, 1.807) is 38.1 Å². The number of unbranched alkanes of at least 4 members (excludes halogenated alkanes) is 1. The molecule has 100 heavy (non-hydrogen) atoms. The summed E-state index contributed by atoms with van der Waals surface area (Å²) >= 11 is 0. The number of hydrogen-bond donors (Lipinski definition) is 0. The predicted octanol–water partition coefficient (Wildman–Crippen LogP) is 13.2. The van der Waals surface area contributed by atoms with Crippen molar-refractivity contribution in [1.29, 1.82) is 0 Å². The van der Waals surface area contributed by atoms with Gasteiger partial charge in [0, 0.05) is 182 Å². The minimum Gasteiger partial charge on any atom is -0.424 e. The van der Waals surface area contributed by atoms with Crippen LogP contribution in [-0.2, 0) is 246 Å². The second-order valence-electron chi connectivity index (χ2n) is 18.5. The van der Waals surface area contributed by atoms with Crippen molar-refractivity contribution in [2.45, 2.75) is 176 Å². The third kappa shape index (κ3) is 101. The van der Waals surface area contributed by atoms with Crippen LogP contribution in [0.3, 0.4) is 0 Å². The van der Waals surface area contributed by atoms with E-state index in [0.29, 0.717) is 18.6 Å². The van der Waals surface area contributed by atoms with Gasteiger partial charge in [0.1, 0.15) is 41.1 Å². The van der Waals surface area contributed by atoms with Gasteiger partial charge in [0.05, 0.1) is 41.1 Å². The molecule has 0 spiro atoms. The van der Waals surface area contributed by atoms with Crippen LogP contribution in [0, 0.1) is 17.8 Å². The van der Waals surface area contributed by atoms with Crippen LogP contribution in [0.5, 0.6) is 0 Å².